The van der Waals surface area contributed by atoms with Gasteiger partial charge in [-0.15, -0.1) is 0 Å². The molecule has 2 fully saturated rings. The lowest BCUT2D eigenvalue weighted by Gasteiger charge is -2.37. The minimum absolute atomic E-state index is 0.0292. The van der Waals surface area contributed by atoms with Crippen LogP contribution in [0.2, 0.25) is 0 Å². The van der Waals surface area contributed by atoms with E-state index in [4.69, 9.17) is 4.74 Å². The molecule has 1 aromatic carbocycles. The van der Waals surface area contributed by atoms with Gasteiger partial charge in [-0.25, -0.2) is 0 Å². The molecule has 0 aromatic heterocycles. The molecule has 2 saturated heterocycles. The van der Waals surface area contributed by atoms with E-state index in [1.54, 1.807) is 0 Å². The number of carbonyl (C=O) groups excluding carboxylic acids is 2. The van der Waals surface area contributed by atoms with Gasteiger partial charge in [-0.05, 0) is 37.0 Å². The minimum atomic E-state index is -0.169. The normalized spacial score (nSPS) is 22.2. The molecule has 1 spiro atoms. The topological polar surface area (TPSA) is 58.6 Å². The van der Waals surface area contributed by atoms with Crippen molar-refractivity contribution >= 4 is 17.5 Å². The number of hydrogen-bond acceptors (Lipinski definition) is 3. The van der Waals surface area contributed by atoms with E-state index in [-0.39, 0.29) is 23.1 Å². The fourth-order valence-corrected chi connectivity index (χ4v) is 4.13. The standard InChI is InChI=1S/C20H28N2O3/c1-3-15-6-5-7-16(12-15)21-19(24)17-13-22(18(23)4-2)14-20(17)8-10-25-11-9-20/h5-7,12,17H,3-4,8-11,13-14H2,1-2H3,(H,21,24). The average Bonchev–Trinajstić information content (AvgIpc) is 3.00. The average molecular weight is 344 g/mol. The second kappa shape index (κ2) is 7.56. The van der Waals surface area contributed by atoms with Crippen LogP contribution in [0, 0.1) is 11.3 Å². The summed E-state index contributed by atoms with van der Waals surface area (Å²) in [5.74, 6) is -0.00659. The van der Waals surface area contributed by atoms with E-state index in [2.05, 4.69) is 18.3 Å². The number of carbonyl (C=O) groups is 2. The number of aryl methyl sites for hydroxylation is 1. The van der Waals surface area contributed by atoms with Crippen molar-refractivity contribution in [2.45, 2.75) is 39.5 Å². The molecule has 3 rings (SSSR count). The van der Waals surface area contributed by atoms with Crippen LogP contribution in [-0.2, 0) is 20.7 Å². The molecule has 136 valence electrons. The second-order valence-electron chi connectivity index (χ2n) is 7.20. The smallest absolute Gasteiger partial charge is 0.229 e. The molecule has 0 bridgehead atoms. The Balaban J connectivity index is 1.79. The lowest BCUT2D eigenvalue weighted by atomic mass is 9.71. The number of amides is 2. The molecule has 25 heavy (non-hydrogen) atoms. The molecule has 5 nitrogen and oxygen atoms in total. The summed E-state index contributed by atoms with van der Waals surface area (Å²) in [7, 11) is 0. The zero-order valence-corrected chi connectivity index (χ0v) is 15.2. The third-order valence-corrected chi connectivity index (χ3v) is 5.71. The van der Waals surface area contributed by atoms with E-state index in [0.717, 1.165) is 24.9 Å². The highest BCUT2D eigenvalue weighted by Crippen LogP contribution is 2.45. The van der Waals surface area contributed by atoms with Crippen LogP contribution in [-0.4, -0.2) is 43.0 Å². The van der Waals surface area contributed by atoms with Gasteiger partial charge in [0.2, 0.25) is 11.8 Å². The third kappa shape index (κ3) is 3.71. The van der Waals surface area contributed by atoms with Gasteiger partial charge in [0.1, 0.15) is 0 Å². The molecule has 5 heteroatoms. The van der Waals surface area contributed by atoms with Gasteiger partial charge in [-0.1, -0.05) is 26.0 Å². The molecule has 2 aliphatic rings. The fraction of sp³-hybridized carbons (Fsp3) is 0.600. The Hall–Kier alpha value is -1.88. The largest absolute Gasteiger partial charge is 0.381 e. The molecule has 2 aliphatic heterocycles. The number of rotatable bonds is 4. The SMILES string of the molecule is CCC(=O)N1CC(C(=O)Nc2cccc(CC)c2)C2(CCOCC2)C1. The highest BCUT2D eigenvalue weighted by molar-refractivity contribution is 5.94. The van der Waals surface area contributed by atoms with Gasteiger partial charge in [-0.2, -0.15) is 0 Å². The highest BCUT2D eigenvalue weighted by Gasteiger charge is 2.51. The summed E-state index contributed by atoms with van der Waals surface area (Å²) < 4.78 is 5.52. The molecular formula is C20H28N2O3. The van der Waals surface area contributed by atoms with Gasteiger partial charge in [0, 0.05) is 43.8 Å². The quantitative estimate of drug-likeness (QED) is 0.914. The van der Waals surface area contributed by atoms with Gasteiger partial charge < -0.3 is 15.0 Å². The maximum atomic E-state index is 13.1. The Morgan fingerprint density at radius 1 is 1.28 bits per heavy atom. The molecule has 1 atom stereocenters. The zero-order valence-electron chi connectivity index (χ0n) is 15.2. The van der Waals surface area contributed by atoms with Crippen LogP contribution in [0.1, 0.15) is 38.7 Å². The molecule has 0 radical (unpaired) electrons. The lowest BCUT2D eigenvalue weighted by Crippen LogP contribution is -2.42. The summed E-state index contributed by atoms with van der Waals surface area (Å²) in [5, 5.41) is 3.09. The fourth-order valence-electron chi connectivity index (χ4n) is 4.13. The second-order valence-corrected chi connectivity index (χ2v) is 7.20. The van der Waals surface area contributed by atoms with E-state index in [1.807, 2.05) is 30.0 Å². The first kappa shape index (κ1) is 17.9. The van der Waals surface area contributed by atoms with Crippen molar-refractivity contribution in [2.75, 3.05) is 31.6 Å². The van der Waals surface area contributed by atoms with E-state index < -0.39 is 0 Å². The first-order valence-electron chi connectivity index (χ1n) is 9.33. The van der Waals surface area contributed by atoms with E-state index >= 15 is 0 Å². The molecule has 2 heterocycles. The maximum absolute atomic E-state index is 13.1. The zero-order chi connectivity index (χ0) is 17.9. The monoisotopic (exact) mass is 344 g/mol. The first-order chi connectivity index (χ1) is 12.1. The number of anilines is 1. The Morgan fingerprint density at radius 2 is 2.04 bits per heavy atom. The minimum Gasteiger partial charge on any atom is -0.381 e. The van der Waals surface area contributed by atoms with Gasteiger partial charge in [0.25, 0.3) is 0 Å². The number of likely N-dealkylation sites (tertiary alicyclic amines) is 1. The van der Waals surface area contributed by atoms with Gasteiger partial charge in [0.05, 0.1) is 5.92 Å². The Kier molecular flexibility index (Phi) is 5.42. The van der Waals surface area contributed by atoms with Crippen molar-refractivity contribution < 1.29 is 14.3 Å². The molecule has 2 amide bonds. The summed E-state index contributed by atoms with van der Waals surface area (Å²) in [5.41, 5.74) is 1.90. The molecule has 0 saturated carbocycles. The number of ether oxygens (including phenoxy) is 1. The van der Waals surface area contributed by atoms with E-state index in [1.165, 1.54) is 5.56 Å². The molecule has 0 aliphatic carbocycles. The lowest BCUT2D eigenvalue weighted by molar-refractivity contribution is -0.130. The van der Waals surface area contributed by atoms with Crippen molar-refractivity contribution in [3.05, 3.63) is 29.8 Å². The van der Waals surface area contributed by atoms with Crippen LogP contribution in [0.25, 0.3) is 0 Å². The van der Waals surface area contributed by atoms with Gasteiger partial charge in [0.15, 0.2) is 0 Å². The molecule has 1 aromatic rings. The Morgan fingerprint density at radius 3 is 2.72 bits per heavy atom. The van der Waals surface area contributed by atoms with Gasteiger partial charge >= 0.3 is 0 Å². The number of benzene rings is 1. The Bertz CT molecular complexity index is 638. The van der Waals surface area contributed by atoms with Gasteiger partial charge in [-0.3, -0.25) is 9.59 Å². The summed E-state index contributed by atoms with van der Waals surface area (Å²) in [6, 6.07) is 7.99. The number of hydrogen-bond donors (Lipinski definition) is 1. The van der Waals surface area contributed by atoms with Crippen LogP contribution in [0.5, 0.6) is 0 Å². The van der Waals surface area contributed by atoms with Crippen LogP contribution < -0.4 is 5.32 Å². The van der Waals surface area contributed by atoms with Crippen LogP contribution in [0.15, 0.2) is 24.3 Å². The Labute approximate surface area is 149 Å². The highest BCUT2D eigenvalue weighted by atomic mass is 16.5. The van der Waals surface area contributed by atoms with Crippen molar-refractivity contribution in [3.8, 4) is 0 Å². The van der Waals surface area contributed by atoms with Crippen LogP contribution in [0.4, 0.5) is 5.69 Å². The molecular weight excluding hydrogens is 316 g/mol. The number of nitrogens with zero attached hydrogens (tertiary/aromatic N) is 1. The van der Waals surface area contributed by atoms with E-state index in [9.17, 15) is 9.59 Å². The van der Waals surface area contributed by atoms with Crippen molar-refractivity contribution in [2.24, 2.45) is 11.3 Å². The summed E-state index contributed by atoms with van der Waals surface area (Å²) in [6.07, 6.45) is 3.10. The van der Waals surface area contributed by atoms with Crippen LogP contribution in [0.3, 0.4) is 0 Å². The number of nitrogens with one attached hydrogen (secondary N) is 1. The predicted molar refractivity (Wildman–Crippen MR) is 97.3 cm³/mol. The van der Waals surface area contributed by atoms with Crippen molar-refractivity contribution in [3.63, 3.8) is 0 Å². The van der Waals surface area contributed by atoms with Crippen LogP contribution >= 0.6 is 0 Å². The van der Waals surface area contributed by atoms with E-state index in [0.29, 0.717) is 32.7 Å². The first-order valence-corrected chi connectivity index (χ1v) is 9.33. The third-order valence-electron chi connectivity index (χ3n) is 5.71. The van der Waals surface area contributed by atoms with Crippen molar-refractivity contribution in [1.82, 2.24) is 4.90 Å². The molecule has 1 N–H and O–H groups in total. The maximum Gasteiger partial charge on any atom is 0.229 e. The molecule has 1 unspecified atom stereocenters. The predicted octanol–water partition coefficient (Wildman–Crippen LogP) is 2.85. The summed E-state index contributed by atoms with van der Waals surface area (Å²) in [6.45, 7) is 6.51. The van der Waals surface area contributed by atoms with Crippen molar-refractivity contribution in [1.29, 1.82) is 0 Å². The summed E-state index contributed by atoms with van der Waals surface area (Å²) >= 11 is 0. The summed E-state index contributed by atoms with van der Waals surface area (Å²) in [4.78, 5) is 27.1.